The lowest BCUT2D eigenvalue weighted by atomic mass is 10.0. The Morgan fingerprint density at radius 1 is 1.36 bits per heavy atom. The summed E-state index contributed by atoms with van der Waals surface area (Å²) in [4.78, 5) is 10.2. The molecule has 138 valence electrons. The first-order chi connectivity index (χ1) is 11.9. The Morgan fingerprint density at radius 2 is 2.16 bits per heavy atom. The summed E-state index contributed by atoms with van der Waals surface area (Å²) in [6, 6.07) is 3.63. The largest absolute Gasteiger partial charge is 0.463 e. The molecule has 1 atom stereocenters. The minimum absolute atomic E-state index is 0.215. The maximum Gasteiger partial charge on any atom is 0.191 e. The molecule has 2 rings (SSSR count). The van der Waals surface area contributed by atoms with Gasteiger partial charge in [-0.25, -0.2) is 9.98 Å². The van der Waals surface area contributed by atoms with Crippen LogP contribution in [0, 0.1) is 6.92 Å². The summed E-state index contributed by atoms with van der Waals surface area (Å²) in [7, 11) is 0. The van der Waals surface area contributed by atoms with Crippen molar-refractivity contribution in [1.82, 2.24) is 15.6 Å². The van der Waals surface area contributed by atoms with Gasteiger partial charge in [-0.3, -0.25) is 0 Å². The summed E-state index contributed by atoms with van der Waals surface area (Å²) in [5.41, 5.74) is -1.14. The molecule has 2 heterocycles. The Bertz CT molecular complexity index is 691. The third kappa shape index (κ3) is 5.86. The van der Waals surface area contributed by atoms with Crippen LogP contribution in [0.1, 0.15) is 42.2 Å². The van der Waals surface area contributed by atoms with Crippen LogP contribution in [0.25, 0.3) is 0 Å². The van der Waals surface area contributed by atoms with Crippen LogP contribution in [0.4, 0.5) is 0 Å². The molecular formula is C18H28N4O2S. The molecule has 2 aromatic heterocycles. The van der Waals surface area contributed by atoms with Crippen molar-refractivity contribution in [3.05, 3.63) is 39.7 Å². The van der Waals surface area contributed by atoms with Crippen LogP contribution in [0.5, 0.6) is 0 Å². The van der Waals surface area contributed by atoms with E-state index in [9.17, 15) is 5.11 Å². The number of aryl methyl sites for hydroxylation is 2. The average molecular weight is 365 g/mol. The van der Waals surface area contributed by atoms with Crippen molar-refractivity contribution in [2.45, 2.75) is 46.1 Å². The van der Waals surface area contributed by atoms with Crippen LogP contribution >= 0.6 is 11.3 Å². The summed E-state index contributed by atoms with van der Waals surface area (Å²) in [5.74, 6) is 1.98. The molecule has 0 saturated heterocycles. The fourth-order valence-corrected chi connectivity index (χ4v) is 3.15. The summed E-state index contributed by atoms with van der Waals surface area (Å²) in [6.45, 7) is 9.43. The molecule has 25 heavy (non-hydrogen) atoms. The fourth-order valence-electron chi connectivity index (χ4n) is 2.29. The molecule has 0 spiro atoms. The summed E-state index contributed by atoms with van der Waals surface area (Å²) < 4.78 is 5.53. The minimum Gasteiger partial charge on any atom is -0.463 e. The smallest absolute Gasteiger partial charge is 0.191 e. The first-order valence-corrected chi connectivity index (χ1v) is 9.51. The maximum absolute atomic E-state index is 10.6. The third-order valence-electron chi connectivity index (χ3n) is 3.74. The topological polar surface area (TPSA) is 82.7 Å². The van der Waals surface area contributed by atoms with Crippen LogP contribution in [0.3, 0.4) is 0 Å². The van der Waals surface area contributed by atoms with Gasteiger partial charge in [-0.15, -0.1) is 11.3 Å². The highest BCUT2D eigenvalue weighted by atomic mass is 32.1. The zero-order chi connectivity index (χ0) is 18.3. The molecule has 0 aliphatic rings. The van der Waals surface area contributed by atoms with E-state index in [4.69, 9.17) is 4.42 Å². The van der Waals surface area contributed by atoms with Crippen LogP contribution in [0.2, 0.25) is 0 Å². The molecule has 0 aromatic carbocycles. The number of nitrogens with one attached hydrogen (secondary N) is 2. The van der Waals surface area contributed by atoms with Crippen molar-refractivity contribution in [1.29, 1.82) is 0 Å². The van der Waals surface area contributed by atoms with E-state index >= 15 is 0 Å². The number of furan rings is 1. The van der Waals surface area contributed by atoms with Crippen LogP contribution < -0.4 is 10.6 Å². The molecule has 1 unspecified atom stereocenters. The number of guanidine groups is 1. The van der Waals surface area contributed by atoms with Gasteiger partial charge in [0.05, 0.1) is 11.6 Å². The number of nitrogens with zero attached hydrogens (tertiary/aromatic N) is 2. The zero-order valence-corrected chi connectivity index (χ0v) is 16.2. The van der Waals surface area contributed by atoms with E-state index in [1.54, 1.807) is 24.3 Å². The first kappa shape index (κ1) is 19.5. The van der Waals surface area contributed by atoms with E-state index in [1.807, 2.05) is 26.1 Å². The quantitative estimate of drug-likeness (QED) is 0.495. The van der Waals surface area contributed by atoms with Gasteiger partial charge in [0.15, 0.2) is 5.96 Å². The van der Waals surface area contributed by atoms with E-state index < -0.39 is 5.60 Å². The van der Waals surface area contributed by atoms with E-state index in [1.165, 1.54) is 4.88 Å². The third-order valence-corrected chi connectivity index (χ3v) is 4.94. The lowest BCUT2D eigenvalue weighted by molar-refractivity contribution is 0.0428. The monoisotopic (exact) mass is 364 g/mol. The number of thiazole rings is 1. The number of hydrogen-bond acceptors (Lipinski definition) is 5. The number of aliphatic hydroxyl groups is 1. The van der Waals surface area contributed by atoms with Crippen molar-refractivity contribution in [2.24, 2.45) is 4.99 Å². The van der Waals surface area contributed by atoms with E-state index in [0.717, 1.165) is 36.7 Å². The lowest BCUT2D eigenvalue weighted by Crippen LogP contribution is -2.39. The van der Waals surface area contributed by atoms with Crippen molar-refractivity contribution < 1.29 is 9.52 Å². The number of aliphatic imine (C=N–C) groups is 1. The fraction of sp³-hybridized carbons (Fsp3) is 0.556. The Labute approximate surface area is 153 Å². The second kappa shape index (κ2) is 9.01. The van der Waals surface area contributed by atoms with Crippen LogP contribution in [-0.2, 0) is 18.4 Å². The molecule has 0 aliphatic carbocycles. The Kier molecular flexibility index (Phi) is 7.01. The molecular weight excluding hydrogens is 336 g/mol. The van der Waals surface area contributed by atoms with Crippen molar-refractivity contribution >= 4 is 17.3 Å². The molecule has 2 aromatic rings. The second-order valence-corrected chi connectivity index (χ2v) is 7.33. The Morgan fingerprint density at radius 3 is 2.76 bits per heavy atom. The number of aromatic nitrogens is 1. The Balaban J connectivity index is 1.90. The first-order valence-electron chi connectivity index (χ1n) is 8.69. The highest BCUT2D eigenvalue weighted by Gasteiger charge is 2.26. The average Bonchev–Trinajstić information content (AvgIpc) is 3.22. The predicted octanol–water partition coefficient (Wildman–Crippen LogP) is 2.61. The molecule has 3 N–H and O–H groups in total. The lowest BCUT2D eigenvalue weighted by Gasteiger charge is -2.19. The molecule has 7 heteroatoms. The van der Waals surface area contributed by atoms with Gasteiger partial charge in [0, 0.05) is 30.6 Å². The van der Waals surface area contributed by atoms with Gasteiger partial charge in [-0.2, -0.15) is 0 Å². The van der Waals surface area contributed by atoms with E-state index in [-0.39, 0.29) is 6.54 Å². The SMILES string of the molecule is CCNC(=NCC(C)(O)c1ccc(C)o1)NCCc1ncc(CC)s1. The van der Waals surface area contributed by atoms with Gasteiger partial charge in [0.2, 0.25) is 0 Å². The zero-order valence-electron chi connectivity index (χ0n) is 15.4. The van der Waals surface area contributed by atoms with Gasteiger partial charge in [-0.05, 0) is 39.3 Å². The minimum atomic E-state index is -1.14. The van der Waals surface area contributed by atoms with Crippen molar-refractivity contribution in [3.63, 3.8) is 0 Å². The van der Waals surface area contributed by atoms with Crippen LogP contribution in [0.15, 0.2) is 27.7 Å². The summed E-state index contributed by atoms with van der Waals surface area (Å²) in [6.07, 6.45) is 3.82. The number of hydrogen-bond donors (Lipinski definition) is 3. The van der Waals surface area contributed by atoms with Gasteiger partial charge in [0.1, 0.15) is 17.1 Å². The molecule has 0 amide bonds. The number of rotatable bonds is 8. The normalized spacial score (nSPS) is 14.4. The highest BCUT2D eigenvalue weighted by molar-refractivity contribution is 7.11. The van der Waals surface area contributed by atoms with Crippen molar-refractivity contribution in [3.8, 4) is 0 Å². The summed E-state index contributed by atoms with van der Waals surface area (Å²) in [5, 5.41) is 18.2. The standard InChI is InChI=1S/C18H28N4O2S/c1-5-14-11-21-16(25-14)9-10-20-17(19-6-2)22-12-18(4,23)15-8-7-13(3)24-15/h7-8,11,23H,5-6,9-10,12H2,1-4H3,(H2,19,20,22). The van der Waals surface area contributed by atoms with Gasteiger partial charge in [-0.1, -0.05) is 6.92 Å². The molecule has 0 fully saturated rings. The van der Waals surface area contributed by atoms with E-state index in [2.05, 4.69) is 27.5 Å². The molecule has 0 radical (unpaired) electrons. The molecule has 0 saturated carbocycles. The van der Waals surface area contributed by atoms with Crippen LogP contribution in [-0.4, -0.2) is 35.7 Å². The highest BCUT2D eigenvalue weighted by Crippen LogP contribution is 2.23. The summed E-state index contributed by atoms with van der Waals surface area (Å²) >= 11 is 1.75. The molecule has 0 bridgehead atoms. The van der Waals surface area contributed by atoms with Gasteiger partial charge >= 0.3 is 0 Å². The van der Waals surface area contributed by atoms with Crippen molar-refractivity contribution in [2.75, 3.05) is 19.6 Å². The van der Waals surface area contributed by atoms with E-state index in [0.29, 0.717) is 11.7 Å². The molecule has 6 nitrogen and oxygen atoms in total. The maximum atomic E-state index is 10.6. The predicted molar refractivity (Wildman–Crippen MR) is 102 cm³/mol. The van der Waals surface area contributed by atoms with Gasteiger partial charge in [0.25, 0.3) is 0 Å². The van der Waals surface area contributed by atoms with Gasteiger partial charge < -0.3 is 20.2 Å². The Hall–Kier alpha value is -1.86. The molecule has 0 aliphatic heterocycles. The second-order valence-electron chi connectivity index (χ2n) is 6.13.